The summed E-state index contributed by atoms with van der Waals surface area (Å²) in [6, 6.07) is 14.1. The second-order valence-electron chi connectivity index (χ2n) is 5.55. The summed E-state index contributed by atoms with van der Waals surface area (Å²) < 4.78 is 32.5. The number of nitrogens with one attached hydrogen (secondary N) is 1. The molecule has 1 heterocycles. The highest BCUT2D eigenvalue weighted by atomic mass is 35.5. The highest BCUT2D eigenvalue weighted by Gasteiger charge is 2.14. The molecule has 0 bridgehead atoms. The predicted molar refractivity (Wildman–Crippen MR) is 95.0 cm³/mol. The fraction of sp³-hybridized carbons (Fsp3) is 0.294. The van der Waals surface area contributed by atoms with Crippen LogP contribution in [0.3, 0.4) is 0 Å². The maximum absolute atomic E-state index is 12.3. The molecule has 0 spiro atoms. The summed E-state index contributed by atoms with van der Waals surface area (Å²) in [6.07, 6.45) is 0. The highest BCUT2D eigenvalue weighted by molar-refractivity contribution is 7.89. The molecule has 0 amide bonds. The molecule has 128 valence electrons. The van der Waals surface area contributed by atoms with Gasteiger partial charge in [0.05, 0.1) is 18.1 Å². The summed E-state index contributed by atoms with van der Waals surface area (Å²) in [5.74, 6) is 0. The number of benzene rings is 2. The Morgan fingerprint density at radius 2 is 1.79 bits per heavy atom. The number of anilines is 1. The van der Waals surface area contributed by atoms with Crippen LogP contribution in [0.15, 0.2) is 53.4 Å². The summed E-state index contributed by atoms with van der Waals surface area (Å²) in [5.41, 5.74) is 2.03. The molecule has 2 aromatic rings. The van der Waals surface area contributed by atoms with Crippen molar-refractivity contribution in [3.05, 3.63) is 59.1 Å². The maximum Gasteiger partial charge on any atom is 0.240 e. The van der Waals surface area contributed by atoms with E-state index < -0.39 is 10.0 Å². The summed E-state index contributed by atoms with van der Waals surface area (Å²) >= 11 is 5.85. The van der Waals surface area contributed by atoms with Gasteiger partial charge in [-0.05, 0) is 35.9 Å². The molecular formula is C17H19ClN2O3S. The Bertz CT molecular complexity index is 788. The van der Waals surface area contributed by atoms with E-state index in [-0.39, 0.29) is 11.4 Å². The van der Waals surface area contributed by atoms with Crippen molar-refractivity contribution >= 4 is 27.3 Å². The van der Waals surface area contributed by atoms with E-state index in [4.69, 9.17) is 16.3 Å². The Morgan fingerprint density at radius 1 is 1.08 bits per heavy atom. The molecule has 0 aliphatic carbocycles. The molecule has 1 fully saturated rings. The normalized spacial score (nSPS) is 15.5. The summed E-state index contributed by atoms with van der Waals surface area (Å²) in [5, 5.41) is 0.396. The van der Waals surface area contributed by atoms with Crippen molar-refractivity contribution in [2.24, 2.45) is 0 Å². The summed E-state index contributed by atoms with van der Waals surface area (Å²) in [7, 11) is -3.57. The van der Waals surface area contributed by atoms with Crippen molar-refractivity contribution in [2.45, 2.75) is 11.4 Å². The number of morpholine rings is 1. The average molecular weight is 367 g/mol. The average Bonchev–Trinajstić information content (AvgIpc) is 2.61. The first-order valence-electron chi connectivity index (χ1n) is 7.71. The van der Waals surface area contributed by atoms with Gasteiger partial charge in [0.2, 0.25) is 10.0 Å². The lowest BCUT2D eigenvalue weighted by Crippen LogP contribution is -2.36. The number of nitrogens with zero attached hydrogens (tertiary/aromatic N) is 1. The van der Waals surface area contributed by atoms with Gasteiger partial charge in [-0.3, -0.25) is 0 Å². The first-order chi connectivity index (χ1) is 11.5. The van der Waals surface area contributed by atoms with Crippen LogP contribution in [0.2, 0.25) is 5.02 Å². The van der Waals surface area contributed by atoms with E-state index in [0.717, 1.165) is 37.6 Å². The number of hydrogen-bond donors (Lipinski definition) is 1. The van der Waals surface area contributed by atoms with Gasteiger partial charge in [-0.1, -0.05) is 29.8 Å². The Kier molecular flexibility index (Phi) is 5.40. The fourth-order valence-electron chi connectivity index (χ4n) is 2.54. The largest absolute Gasteiger partial charge is 0.378 e. The van der Waals surface area contributed by atoms with E-state index in [2.05, 4.69) is 9.62 Å². The van der Waals surface area contributed by atoms with Crippen molar-refractivity contribution < 1.29 is 13.2 Å². The van der Waals surface area contributed by atoms with Gasteiger partial charge in [0.25, 0.3) is 0 Å². The van der Waals surface area contributed by atoms with Crippen LogP contribution < -0.4 is 9.62 Å². The molecule has 0 saturated carbocycles. The Balaban J connectivity index is 1.64. The van der Waals surface area contributed by atoms with Gasteiger partial charge < -0.3 is 9.64 Å². The lowest BCUT2D eigenvalue weighted by molar-refractivity contribution is 0.122. The molecule has 1 saturated heterocycles. The van der Waals surface area contributed by atoms with E-state index in [0.29, 0.717) is 5.02 Å². The first-order valence-corrected chi connectivity index (χ1v) is 9.57. The molecule has 1 aliphatic heterocycles. The van der Waals surface area contributed by atoms with Crippen LogP contribution in [-0.4, -0.2) is 34.7 Å². The predicted octanol–water partition coefficient (Wildman–Crippen LogP) is 2.66. The first kappa shape index (κ1) is 17.2. The molecule has 0 unspecified atom stereocenters. The van der Waals surface area contributed by atoms with Gasteiger partial charge in [-0.25, -0.2) is 13.1 Å². The van der Waals surface area contributed by atoms with E-state index in [9.17, 15) is 8.42 Å². The van der Waals surface area contributed by atoms with Gasteiger partial charge in [-0.2, -0.15) is 0 Å². The third kappa shape index (κ3) is 4.27. The van der Waals surface area contributed by atoms with Gasteiger partial charge >= 0.3 is 0 Å². The number of rotatable bonds is 5. The summed E-state index contributed by atoms with van der Waals surface area (Å²) in [6.45, 7) is 3.46. The van der Waals surface area contributed by atoms with E-state index >= 15 is 0 Å². The minimum Gasteiger partial charge on any atom is -0.378 e. The van der Waals surface area contributed by atoms with Gasteiger partial charge in [0.15, 0.2) is 0 Å². The molecule has 0 radical (unpaired) electrons. The van der Waals surface area contributed by atoms with Crippen LogP contribution in [0.25, 0.3) is 0 Å². The molecule has 2 aromatic carbocycles. The summed E-state index contributed by atoms with van der Waals surface area (Å²) in [4.78, 5) is 2.42. The minimum atomic E-state index is -3.57. The zero-order valence-electron chi connectivity index (χ0n) is 13.1. The number of halogens is 1. The molecule has 24 heavy (non-hydrogen) atoms. The van der Waals surface area contributed by atoms with Crippen LogP contribution in [0, 0.1) is 0 Å². The SMILES string of the molecule is O=S(=O)(NCc1ccc(N2CCOCC2)cc1)c1cccc(Cl)c1. The van der Waals surface area contributed by atoms with Crippen molar-refractivity contribution in [3.63, 3.8) is 0 Å². The third-order valence-electron chi connectivity index (χ3n) is 3.89. The van der Waals surface area contributed by atoms with Crippen molar-refractivity contribution in [3.8, 4) is 0 Å². The second kappa shape index (κ2) is 7.53. The zero-order chi connectivity index (χ0) is 17.0. The smallest absolute Gasteiger partial charge is 0.240 e. The molecule has 5 nitrogen and oxygen atoms in total. The topological polar surface area (TPSA) is 58.6 Å². The van der Waals surface area contributed by atoms with Gasteiger partial charge in [0, 0.05) is 30.3 Å². The molecular weight excluding hydrogens is 348 g/mol. The van der Waals surface area contributed by atoms with Gasteiger partial charge in [0.1, 0.15) is 0 Å². The number of sulfonamides is 1. The fourth-order valence-corrected chi connectivity index (χ4v) is 3.86. The third-order valence-corrected chi connectivity index (χ3v) is 5.52. The minimum absolute atomic E-state index is 0.167. The van der Waals surface area contributed by atoms with Crippen LogP contribution in [0.4, 0.5) is 5.69 Å². The Labute approximate surface area is 147 Å². The zero-order valence-corrected chi connectivity index (χ0v) is 14.7. The lowest BCUT2D eigenvalue weighted by atomic mass is 10.2. The van der Waals surface area contributed by atoms with E-state index in [1.165, 1.54) is 12.1 Å². The molecule has 0 atom stereocenters. The van der Waals surface area contributed by atoms with Crippen LogP contribution in [0.1, 0.15) is 5.56 Å². The van der Waals surface area contributed by atoms with E-state index in [1.54, 1.807) is 12.1 Å². The molecule has 7 heteroatoms. The van der Waals surface area contributed by atoms with Crippen molar-refractivity contribution in [1.29, 1.82) is 0 Å². The van der Waals surface area contributed by atoms with Crippen molar-refractivity contribution in [2.75, 3.05) is 31.2 Å². The van der Waals surface area contributed by atoms with Crippen LogP contribution in [-0.2, 0) is 21.3 Å². The van der Waals surface area contributed by atoms with Gasteiger partial charge in [-0.15, -0.1) is 0 Å². The van der Waals surface area contributed by atoms with Crippen molar-refractivity contribution in [1.82, 2.24) is 4.72 Å². The van der Waals surface area contributed by atoms with E-state index in [1.807, 2.05) is 24.3 Å². The maximum atomic E-state index is 12.3. The van der Waals surface area contributed by atoms with Crippen LogP contribution >= 0.6 is 11.6 Å². The molecule has 0 aromatic heterocycles. The Morgan fingerprint density at radius 3 is 2.46 bits per heavy atom. The molecule has 3 rings (SSSR count). The monoisotopic (exact) mass is 366 g/mol. The van der Waals surface area contributed by atoms with Crippen LogP contribution in [0.5, 0.6) is 0 Å². The standard InChI is InChI=1S/C17H19ClN2O3S/c18-15-2-1-3-17(12-15)24(21,22)19-13-14-4-6-16(7-5-14)20-8-10-23-11-9-20/h1-7,12,19H,8-11,13H2. The molecule has 1 aliphatic rings. The quantitative estimate of drug-likeness (QED) is 0.883. The second-order valence-corrected chi connectivity index (χ2v) is 7.75. The number of ether oxygens (including phenoxy) is 1. The number of hydrogen-bond acceptors (Lipinski definition) is 4. The Hall–Kier alpha value is -1.60. The molecule has 1 N–H and O–H groups in total. The highest BCUT2D eigenvalue weighted by Crippen LogP contribution is 2.18. The lowest BCUT2D eigenvalue weighted by Gasteiger charge is -2.28.